The van der Waals surface area contributed by atoms with Crippen molar-refractivity contribution in [3.63, 3.8) is 0 Å². The zero-order valence-corrected chi connectivity index (χ0v) is 12.8. The number of ketones is 1. The van der Waals surface area contributed by atoms with Crippen molar-refractivity contribution in [2.24, 2.45) is 0 Å². The van der Waals surface area contributed by atoms with Crippen molar-refractivity contribution >= 4 is 29.0 Å². The van der Waals surface area contributed by atoms with E-state index in [-0.39, 0.29) is 5.78 Å². The number of carbonyl (C=O) groups is 1. The van der Waals surface area contributed by atoms with E-state index < -0.39 is 0 Å². The molecule has 5 heteroatoms. The van der Waals surface area contributed by atoms with Crippen molar-refractivity contribution in [3.8, 4) is 0 Å². The summed E-state index contributed by atoms with van der Waals surface area (Å²) in [6, 6.07) is 5.12. The standard InChI is InChI=1S/C14H19Cl2NO2/c1-3-19-10-9-17(2)8-7-13(18)11-5-4-6-12(15)14(11)16/h4-6H,3,7-10H2,1-2H3. The van der Waals surface area contributed by atoms with Gasteiger partial charge in [0.15, 0.2) is 5.78 Å². The van der Waals surface area contributed by atoms with Crippen LogP contribution in [0.1, 0.15) is 23.7 Å². The highest BCUT2D eigenvalue weighted by atomic mass is 35.5. The number of ether oxygens (including phenoxy) is 1. The van der Waals surface area contributed by atoms with Gasteiger partial charge in [0.05, 0.1) is 16.7 Å². The number of nitrogens with zero attached hydrogens (tertiary/aromatic N) is 1. The third-order valence-corrected chi connectivity index (χ3v) is 3.61. The molecule has 0 aliphatic heterocycles. The fourth-order valence-corrected chi connectivity index (χ4v) is 2.03. The van der Waals surface area contributed by atoms with Gasteiger partial charge in [0.2, 0.25) is 0 Å². The van der Waals surface area contributed by atoms with Crippen LogP contribution in [-0.4, -0.2) is 44.0 Å². The van der Waals surface area contributed by atoms with E-state index >= 15 is 0 Å². The highest BCUT2D eigenvalue weighted by Crippen LogP contribution is 2.26. The molecule has 0 unspecified atom stereocenters. The number of Topliss-reactive ketones (excluding diaryl/α,β-unsaturated/α-hetero) is 1. The lowest BCUT2D eigenvalue weighted by molar-refractivity contribution is 0.0946. The van der Waals surface area contributed by atoms with Gasteiger partial charge in [0.1, 0.15) is 0 Å². The number of rotatable bonds is 8. The zero-order valence-electron chi connectivity index (χ0n) is 11.3. The summed E-state index contributed by atoms with van der Waals surface area (Å²) < 4.78 is 5.27. The Labute approximate surface area is 124 Å². The number of carbonyl (C=O) groups excluding carboxylic acids is 1. The van der Waals surface area contributed by atoms with Crippen molar-refractivity contribution < 1.29 is 9.53 Å². The summed E-state index contributed by atoms with van der Waals surface area (Å²) in [4.78, 5) is 14.1. The molecule has 106 valence electrons. The summed E-state index contributed by atoms with van der Waals surface area (Å²) in [5.74, 6) is 0.00996. The van der Waals surface area contributed by atoms with Crippen LogP contribution in [0.3, 0.4) is 0 Å². The Bertz CT molecular complexity index is 424. The number of hydrogen-bond donors (Lipinski definition) is 0. The Kier molecular flexibility index (Phi) is 7.39. The third kappa shape index (κ3) is 5.49. The van der Waals surface area contributed by atoms with Crippen LogP contribution in [0.5, 0.6) is 0 Å². The minimum absolute atomic E-state index is 0.00996. The Morgan fingerprint density at radius 2 is 2.05 bits per heavy atom. The van der Waals surface area contributed by atoms with E-state index in [0.29, 0.717) is 41.8 Å². The fraction of sp³-hybridized carbons (Fsp3) is 0.500. The minimum atomic E-state index is 0.00996. The van der Waals surface area contributed by atoms with E-state index in [4.69, 9.17) is 27.9 Å². The van der Waals surface area contributed by atoms with Crippen molar-refractivity contribution in [1.82, 2.24) is 4.90 Å². The molecular weight excluding hydrogens is 285 g/mol. The van der Waals surface area contributed by atoms with Gasteiger partial charge in [0, 0.05) is 31.7 Å². The lowest BCUT2D eigenvalue weighted by atomic mass is 10.1. The topological polar surface area (TPSA) is 29.5 Å². The van der Waals surface area contributed by atoms with Crippen molar-refractivity contribution in [1.29, 1.82) is 0 Å². The van der Waals surface area contributed by atoms with Gasteiger partial charge in [-0.05, 0) is 26.1 Å². The van der Waals surface area contributed by atoms with Gasteiger partial charge < -0.3 is 9.64 Å². The molecule has 0 amide bonds. The smallest absolute Gasteiger partial charge is 0.165 e. The normalized spacial score (nSPS) is 11.0. The SMILES string of the molecule is CCOCCN(C)CCC(=O)c1cccc(Cl)c1Cl. The van der Waals surface area contributed by atoms with Crippen LogP contribution in [0.2, 0.25) is 10.0 Å². The Morgan fingerprint density at radius 3 is 2.74 bits per heavy atom. The monoisotopic (exact) mass is 303 g/mol. The van der Waals surface area contributed by atoms with Crippen LogP contribution in [0, 0.1) is 0 Å². The molecule has 0 N–H and O–H groups in total. The Morgan fingerprint density at radius 1 is 1.32 bits per heavy atom. The average Bonchev–Trinajstić information content (AvgIpc) is 2.39. The first-order chi connectivity index (χ1) is 9.06. The number of hydrogen-bond acceptors (Lipinski definition) is 3. The molecule has 3 nitrogen and oxygen atoms in total. The molecule has 0 heterocycles. The summed E-state index contributed by atoms with van der Waals surface area (Å²) >= 11 is 11.9. The molecule has 0 saturated carbocycles. The van der Waals surface area contributed by atoms with Gasteiger partial charge in [0.25, 0.3) is 0 Å². The maximum absolute atomic E-state index is 12.1. The maximum Gasteiger partial charge on any atom is 0.165 e. The van der Waals surface area contributed by atoms with Crippen LogP contribution >= 0.6 is 23.2 Å². The first-order valence-corrected chi connectivity index (χ1v) is 7.05. The van der Waals surface area contributed by atoms with E-state index in [0.717, 1.165) is 6.54 Å². The largest absolute Gasteiger partial charge is 0.380 e. The van der Waals surface area contributed by atoms with Crippen LogP contribution in [0.4, 0.5) is 0 Å². The molecule has 0 saturated heterocycles. The summed E-state index contributed by atoms with van der Waals surface area (Å²) in [6.07, 6.45) is 0.419. The second kappa shape index (κ2) is 8.54. The summed E-state index contributed by atoms with van der Waals surface area (Å²) in [5, 5.41) is 0.753. The number of halogens is 2. The van der Waals surface area contributed by atoms with Crippen LogP contribution < -0.4 is 0 Å². The summed E-state index contributed by atoms with van der Waals surface area (Å²) in [7, 11) is 1.96. The number of benzene rings is 1. The molecule has 0 aliphatic rings. The number of likely N-dealkylation sites (N-methyl/N-ethyl adjacent to an activating group) is 1. The zero-order chi connectivity index (χ0) is 14.3. The summed E-state index contributed by atoms with van der Waals surface area (Å²) in [6.45, 7) is 4.84. The van der Waals surface area contributed by atoms with E-state index in [1.54, 1.807) is 18.2 Å². The lowest BCUT2D eigenvalue weighted by Gasteiger charge is -2.16. The molecule has 19 heavy (non-hydrogen) atoms. The van der Waals surface area contributed by atoms with Crippen LogP contribution in [0.15, 0.2) is 18.2 Å². The second-order valence-electron chi connectivity index (χ2n) is 4.27. The molecule has 0 fully saturated rings. The van der Waals surface area contributed by atoms with Gasteiger partial charge in [-0.1, -0.05) is 29.3 Å². The predicted molar refractivity (Wildman–Crippen MR) is 79.4 cm³/mol. The molecule has 0 spiro atoms. The molecule has 1 aromatic rings. The first kappa shape index (κ1) is 16.4. The molecule has 1 rings (SSSR count). The molecule has 1 aromatic carbocycles. The third-order valence-electron chi connectivity index (χ3n) is 2.79. The van der Waals surface area contributed by atoms with Crippen LogP contribution in [-0.2, 0) is 4.74 Å². The summed E-state index contributed by atoms with van der Waals surface area (Å²) in [5.41, 5.74) is 0.493. The predicted octanol–water partition coefficient (Wildman–Crippen LogP) is 3.53. The van der Waals surface area contributed by atoms with Crippen LogP contribution in [0.25, 0.3) is 0 Å². The van der Waals surface area contributed by atoms with E-state index in [1.165, 1.54) is 0 Å². The van der Waals surface area contributed by atoms with E-state index in [2.05, 4.69) is 4.90 Å². The average molecular weight is 304 g/mol. The molecule has 0 aromatic heterocycles. The van der Waals surface area contributed by atoms with E-state index in [1.807, 2.05) is 14.0 Å². The van der Waals surface area contributed by atoms with Gasteiger partial charge in [-0.25, -0.2) is 0 Å². The van der Waals surface area contributed by atoms with Crippen molar-refractivity contribution in [2.45, 2.75) is 13.3 Å². The molecular formula is C14H19Cl2NO2. The highest BCUT2D eigenvalue weighted by Gasteiger charge is 2.13. The molecule has 0 bridgehead atoms. The Hall–Kier alpha value is -0.610. The highest BCUT2D eigenvalue weighted by molar-refractivity contribution is 6.43. The minimum Gasteiger partial charge on any atom is -0.380 e. The molecule has 0 aliphatic carbocycles. The second-order valence-corrected chi connectivity index (χ2v) is 5.06. The quantitative estimate of drug-likeness (QED) is 0.543. The van der Waals surface area contributed by atoms with E-state index in [9.17, 15) is 4.79 Å². The Balaban J connectivity index is 2.45. The van der Waals surface area contributed by atoms with Gasteiger partial charge >= 0.3 is 0 Å². The van der Waals surface area contributed by atoms with Gasteiger partial charge in [-0.15, -0.1) is 0 Å². The maximum atomic E-state index is 12.1. The first-order valence-electron chi connectivity index (χ1n) is 6.29. The molecule has 0 atom stereocenters. The van der Waals surface area contributed by atoms with Crippen molar-refractivity contribution in [2.75, 3.05) is 33.4 Å². The van der Waals surface area contributed by atoms with Gasteiger partial charge in [-0.2, -0.15) is 0 Å². The lowest BCUT2D eigenvalue weighted by Crippen LogP contribution is -2.26. The molecule has 0 radical (unpaired) electrons. The fourth-order valence-electron chi connectivity index (χ4n) is 1.62. The van der Waals surface area contributed by atoms with Gasteiger partial charge in [-0.3, -0.25) is 4.79 Å². The van der Waals surface area contributed by atoms with Crippen molar-refractivity contribution in [3.05, 3.63) is 33.8 Å².